The Balaban J connectivity index is 2.32. The zero-order chi connectivity index (χ0) is 13.5. The Morgan fingerprint density at radius 1 is 1.50 bits per heavy atom. The maximum absolute atomic E-state index is 11.9. The van der Waals surface area contributed by atoms with Gasteiger partial charge in [0.2, 0.25) is 5.91 Å². The van der Waals surface area contributed by atoms with Crippen molar-refractivity contribution in [3.63, 3.8) is 0 Å². The molecule has 2 N–H and O–H groups in total. The summed E-state index contributed by atoms with van der Waals surface area (Å²) < 4.78 is 0. The minimum absolute atomic E-state index is 0.0192. The summed E-state index contributed by atoms with van der Waals surface area (Å²) in [6.07, 6.45) is 1.23. The molecule has 1 amide bonds. The summed E-state index contributed by atoms with van der Waals surface area (Å²) in [6.45, 7) is 6.30. The Morgan fingerprint density at radius 2 is 2.22 bits per heavy atom. The molecule has 0 aliphatic rings. The summed E-state index contributed by atoms with van der Waals surface area (Å²) in [5.74, 6) is 0.191. The van der Waals surface area contributed by atoms with E-state index in [1.54, 1.807) is 11.3 Å². The van der Waals surface area contributed by atoms with Gasteiger partial charge in [-0.05, 0) is 23.8 Å². The van der Waals surface area contributed by atoms with Crippen LogP contribution >= 0.6 is 11.3 Å². The van der Waals surface area contributed by atoms with E-state index in [1.165, 1.54) is 4.88 Å². The molecule has 1 heterocycles. The topological polar surface area (TPSA) is 49.3 Å². The summed E-state index contributed by atoms with van der Waals surface area (Å²) in [5.41, 5.74) is 0. The molecule has 0 bridgehead atoms. The summed E-state index contributed by atoms with van der Waals surface area (Å²) in [7, 11) is 0. The first kappa shape index (κ1) is 15.2. The molecule has 1 aromatic heterocycles. The van der Waals surface area contributed by atoms with Crippen molar-refractivity contribution in [1.29, 1.82) is 0 Å². The van der Waals surface area contributed by atoms with Crippen molar-refractivity contribution >= 4 is 17.2 Å². The molecule has 0 aliphatic carbocycles. The number of hydrogen-bond acceptors (Lipinski definition) is 3. The van der Waals surface area contributed by atoms with Crippen LogP contribution in [0.4, 0.5) is 0 Å². The van der Waals surface area contributed by atoms with E-state index >= 15 is 0 Å². The van der Waals surface area contributed by atoms with Crippen LogP contribution in [0.5, 0.6) is 0 Å². The monoisotopic (exact) mass is 269 g/mol. The number of aliphatic hydroxyl groups excluding tert-OH is 1. The van der Waals surface area contributed by atoms with E-state index < -0.39 is 6.10 Å². The number of aliphatic hydroxyl groups is 1. The highest BCUT2D eigenvalue weighted by atomic mass is 32.1. The highest BCUT2D eigenvalue weighted by molar-refractivity contribution is 7.09. The molecule has 3 atom stereocenters. The van der Waals surface area contributed by atoms with Gasteiger partial charge in [-0.25, -0.2) is 0 Å². The number of carbonyl (C=O) groups excluding carboxylic acids is 1. The van der Waals surface area contributed by atoms with Gasteiger partial charge in [0, 0.05) is 17.3 Å². The third-order valence-electron chi connectivity index (χ3n) is 3.32. The van der Waals surface area contributed by atoms with Gasteiger partial charge in [-0.15, -0.1) is 11.3 Å². The third-order valence-corrected chi connectivity index (χ3v) is 4.22. The van der Waals surface area contributed by atoms with Crippen molar-refractivity contribution in [3.8, 4) is 0 Å². The average Bonchev–Trinajstić information content (AvgIpc) is 2.87. The lowest BCUT2D eigenvalue weighted by Gasteiger charge is -2.19. The van der Waals surface area contributed by atoms with E-state index in [1.807, 2.05) is 38.3 Å². The molecule has 1 aromatic rings. The molecule has 3 unspecified atom stereocenters. The van der Waals surface area contributed by atoms with Crippen LogP contribution in [0.25, 0.3) is 0 Å². The van der Waals surface area contributed by atoms with Crippen molar-refractivity contribution < 1.29 is 9.90 Å². The molecule has 0 fully saturated rings. The lowest BCUT2D eigenvalue weighted by Crippen LogP contribution is -2.38. The van der Waals surface area contributed by atoms with Crippen LogP contribution in [-0.4, -0.2) is 23.7 Å². The Bertz CT molecular complexity index is 351. The van der Waals surface area contributed by atoms with E-state index in [0.717, 1.165) is 12.8 Å². The van der Waals surface area contributed by atoms with Crippen LogP contribution in [0.15, 0.2) is 17.5 Å². The Morgan fingerprint density at radius 3 is 2.78 bits per heavy atom. The summed E-state index contributed by atoms with van der Waals surface area (Å²) in [4.78, 5) is 13.1. The lowest BCUT2D eigenvalue weighted by molar-refractivity contribution is -0.125. The second-order valence-corrected chi connectivity index (χ2v) is 5.91. The Labute approximate surface area is 113 Å². The number of rotatable bonds is 7. The van der Waals surface area contributed by atoms with Crippen molar-refractivity contribution in [3.05, 3.63) is 22.4 Å². The predicted octanol–water partition coefficient (Wildman–Crippen LogP) is 2.45. The van der Waals surface area contributed by atoms with Gasteiger partial charge in [-0.1, -0.05) is 33.3 Å². The highest BCUT2D eigenvalue weighted by Crippen LogP contribution is 2.14. The second kappa shape index (κ2) is 7.54. The maximum atomic E-state index is 11.9. The third kappa shape index (κ3) is 4.78. The van der Waals surface area contributed by atoms with Crippen LogP contribution in [-0.2, 0) is 11.2 Å². The Hall–Kier alpha value is -0.870. The lowest BCUT2D eigenvalue weighted by atomic mass is 10.0. The van der Waals surface area contributed by atoms with Gasteiger partial charge in [0.15, 0.2) is 0 Å². The van der Waals surface area contributed by atoms with Crippen molar-refractivity contribution in [2.45, 2.75) is 39.7 Å². The molecule has 3 nitrogen and oxygen atoms in total. The maximum Gasteiger partial charge on any atom is 0.223 e. The molecule has 0 aliphatic heterocycles. The molecule has 0 saturated heterocycles. The normalized spacial score (nSPS) is 16.0. The smallest absolute Gasteiger partial charge is 0.223 e. The molecule has 0 radical (unpaired) electrons. The summed E-state index contributed by atoms with van der Waals surface area (Å²) in [6, 6.07) is 4.04. The predicted molar refractivity (Wildman–Crippen MR) is 75.7 cm³/mol. The molecular formula is C14H23NO2S. The summed E-state index contributed by atoms with van der Waals surface area (Å²) >= 11 is 1.67. The van der Waals surface area contributed by atoms with Gasteiger partial charge < -0.3 is 10.4 Å². The van der Waals surface area contributed by atoms with Crippen molar-refractivity contribution in [1.82, 2.24) is 5.32 Å². The molecule has 4 heteroatoms. The van der Waals surface area contributed by atoms with Crippen molar-refractivity contribution in [2.24, 2.45) is 11.8 Å². The average molecular weight is 269 g/mol. The zero-order valence-corrected chi connectivity index (χ0v) is 12.2. The summed E-state index contributed by atoms with van der Waals surface area (Å²) in [5, 5.41) is 14.6. The van der Waals surface area contributed by atoms with E-state index in [0.29, 0.717) is 6.54 Å². The largest absolute Gasteiger partial charge is 0.391 e. The van der Waals surface area contributed by atoms with Crippen LogP contribution in [0.1, 0.15) is 32.1 Å². The van der Waals surface area contributed by atoms with E-state index in [2.05, 4.69) is 5.32 Å². The van der Waals surface area contributed by atoms with Crippen LogP contribution in [0, 0.1) is 11.8 Å². The number of hydrogen-bond donors (Lipinski definition) is 2. The van der Waals surface area contributed by atoms with Crippen molar-refractivity contribution in [2.75, 3.05) is 6.54 Å². The molecule has 1 rings (SSSR count). The molecule has 0 saturated carbocycles. The van der Waals surface area contributed by atoms with Gasteiger partial charge in [0.1, 0.15) is 0 Å². The van der Waals surface area contributed by atoms with E-state index in [9.17, 15) is 9.90 Å². The first-order valence-electron chi connectivity index (χ1n) is 6.52. The van der Waals surface area contributed by atoms with Gasteiger partial charge in [-0.3, -0.25) is 4.79 Å². The van der Waals surface area contributed by atoms with Crippen LogP contribution in [0.2, 0.25) is 0 Å². The number of amides is 1. The fourth-order valence-electron chi connectivity index (χ4n) is 1.68. The van der Waals surface area contributed by atoms with Gasteiger partial charge in [-0.2, -0.15) is 0 Å². The van der Waals surface area contributed by atoms with Gasteiger partial charge in [0.25, 0.3) is 0 Å². The zero-order valence-electron chi connectivity index (χ0n) is 11.3. The fourth-order valence-corrected chi connectivity index (χ4v) is 2.51. The number of thiophene rings is 1. The molecule has 0 aromatic carbocycles. The standard InChI is InChI=1S/C14H23NO2S/c1-4-10(2)13(16)9-15-14(17)11(3)8-12-6-5-7-18-12/h5-7,10-11,13,16H,4,8-9H2,1-3H3,(H,15,17). The quantitative estimate of drug-likeness (QED) is 0.799. The highest BCUT2D eigenvalue weighted by Gasteiger charge is 2.17. The van der Waals surface area contributed by atoms with Gasteiger partial charge >= 0.3 is 0 Å². The van der Waals surface area contributed by atoms with Gasteiger partial charge in [0.05, 0.1) is 6.10 Å². The molecular weight excluding hydrogens is 246 g/mol. The Kier molecular flexibility index (Phi) is 6.36. The minimum Gasteiger partial charge on any atom is -0.391 e. The SMILES string of the molecule is CCC(C)C(O)CNC(=O)C(C)Cc1cccs1. The van der Waals surface area contributed by atoms with Crippen LogP contribution < -0.4 is 5.32 Å². The van der Waals surface area contributed by atoms with Crippen LogP contribution in [0.3, 0.4) is 0 Å². The molecule has 102 valence electrons. The number of carbonyl (C=O) groups is 1. The van der Waals surface area contributed by atoms with E-state index in [-0.39, 0.29) is 17.7 Å². The molecule has 18 heavy (non-hydrogen) atoms. The van der Waals surface area contributed by atoms with E-state index in [4.69, 9.17) is 0 Å². The second-order valence-electron chi connectivity index (χ2n) is 4.88. The first-order chi connectivity index (χ1) is 8.54. The number of nitrogens with one attached hydrogen (secondary N) is 1. The fraction of sp³-hybridized carbons (Fsp3) is 0.643. The first-order valence-corrected chi connectivity index (χ1v) is 7.40. The molecule has 0 spiro atoms. The minimum atomic E-state index is -0.451.